The monoisotopic (exact) mass is 304 g/mol. The van der Waals surface area contributed by atoms with E-state index < -0.39 is 5.54 Å². The van der Waals surface area contributed by atoms with E-state index in [0.29, 0.717) is 11.3 Å². The first-order valence-electron chi connectivity index (χ1n) is 7.67. The Balaban J connectivity index is 2.03. The molecule has 0 bridgehead atoms. The first kappa shape index (κ1) is 16.4. The van der Waals surface area contributed by atoms with Gasteiger partial charge in [0, 0.05) is 17.9 Å². The molecule has 1 aromatic rings. The molecule has 1 aromatic carbocycles. The molecule has 2 atom stereocenters. The molecule has 0 spiro atoms. The fraction of sp³-hybridized carbons (Fsp3) is 0.588. The molecule has 1 saturated carbocycles. The highest BCUT2D eigenvalue weighted by atomic mass is 32.2. The number of rotatable bonds is 9. The van der Waals surface area contributed by atoms with Crippen LogP contribution in [0, 0.1) is 11.3 Å². The number of hydrogen-bond acceptors (Lipinski definition) is 4. The molecule has 0 amide bonds. The Morgan fingerprint density at radius 3 is 2.71 bits per heavy atom. The molecule has 1 aliphatic carbocycles. The summed E-state index contributed by atoms with van der Waals surface area (Å²) >= 11 is 1.83. The van der Waals surface area contributed by atoms with Crippen molar-refractivity contribution in [1.29, 1.82) is 5.26 Å². The SMILES string of the molecule is CC(CCO)SCCC(C#N)(NC1CC1)c1ccccc1. The maximum atomic E-state index is 9.81. The van der Waals surface area contributed by atoms with E-state index in [0.717, 1.165) is 24.2 Å². The molecule has 0 heterocycles. The lowest BCUT2D eigenvalue weighted by Crippen LogP contribution is -2.43. The van der Waals surface area contributed by atoms with Crippen LogP contribution in [0.25, 0.3) is 0 Å². The molecule has 1 aliphatic rings. The largest absolute Gasteiger partial charge is 0.396 e. The molecule has 21 heavy (non-hydrogen) atoms. The van der Waals surface area contributed by atoms with Gasteiger partial charge in [0.25, 0.3) is 0 Å². The maximum absolute atomic E-state index is 9.81. The fourth-order valence-corrected chi connectivity index (χ4v) is 3.53. The summed E-state index contributed by atoms with van der Waals surface area (Å²) in [5.74, 6) is 0.920. The van der Waals surface area contributed by atoms with E-state index in [2.05, 4.69) is 18.3 Å². The number of thioether (sulfide) groups is 1. The fourth-order valence-electron chi connectivity index (χ4n) is 2.43. The van der Waals surface area contributed by atoms with Crippen molar-refractivity contribution in [3.8, 4) is 6.07 Å². The van der Waals surface area contributed by atoms with E-state index in [1.165, 1.54) is 12.8 Å². The Morgan fingerprint density at radius 2 is 2.14 bits per heavy atom. The van der Waals surface area contributed by atoms with Gasteiger partial charge in [-0.25, -0.2) is 0 Å². The summed E-state index contributed by atoms with van der Waals surface area (Å²) in [5, 5.41) is 22.8. The number of nitrogens with zero attached hydrogens (tertiary/aromatic N) is 1. The van der Waals surface area contributed by atoms with Crippen LogP contribution in [0.15, 0.2) is 30.3 Å². The van der Waals surface area contributed by atoms with Crippen LogP contribution in [0.4, 0.5) is 0 Å². The minimum Gasteiger partial charge on any atom is -0.396 e. The predicted molar refractivity (Wildman–Crippen MR) is 88.1 cm³/mol. The lowest BCUT2D eigenvalue weighted by Gasteiger charge is -2.29. The van der Waals surface area contributed by atoms with Crippen LogP contribution < -0.4 is 5.32 Å². The van der Waals surface area contributed by atoms with Gasteiger partial charge in [0.05, 0.1) is 6.07 Å². The number of hydrogen-bond donors (Lipinski definition) is 2. The average Bonchev–Trinajstić information content (AvgIpc) is 3.31. The van der Waals surface area contributed by atoms with Crippen LogP contribution in [0.1, 0.15) is 38.2 Å². The molecule has 0 saturated heterocycles. The highest BCUT2D eigenvalue weighted by Gasteiger charge is 2.37. The molecule has 2 rings (SSSR count). The summed E-state index contributed by atoms with van der Waals surface area (Å²) in [6.45, 7) is 2.36. The third-order valence-corrected chi connectivity index (χ3v) is 5.14. The molecule has 114 valence electrons. The van der Waals surface area contributed by atoms with Crippen LogP contribution in [0.5, 0.6) is 0 Å². The van der Waals surface area contributed by atoms with Gasteiger partial charge in [0.1, 0.15) is 5.54 Å². The molecule has 4 heteroatoms. The van der Waals surface area contributed by atoms with E-state index in [1.54, 1.807) is 0 Å². The van der Waals surface area contributed by atoms with Gasteiger partial charge < -0.3 is 5.11 Å². The van der Waals surface area contributed by atoms with Gasteiger partial charge in [0.2, 0.25) is 0 Å². The van der Waals surface area contributed by atoms with Gasteiger partial charge in [-0.2, -0.15) is 17.0 Å². The van der Waals surface area contributed by atoms with Gasteiger partial charge in [-0.3, -0.25) is 5.32 Å². The molecule has 0 aliphatic heterocycles. The van der Waals surface area contributed by atoms with E-state index in [9.17, 15) is 5.26 Å². The van der Waals surface area contributed by atoms with Gasteiger partial charge in [0.15, 0.2) is 0 Å². The highest BCUT2D eigenvalue weighted by Crippen LogP contribution is 2.32. The second kappa shape index (κ2) is 7.84. The van der Waals surface area contributed by atoms with Gasteiger partial charge in [-0.15, -0.1) is 0 Å². The summed E-state index contributed by atoms with van der Waals surface area (Å²) < 4.78 is 0. The summed E-state index contributed by atoms with van der Waals surface area (Å²) in [6.07, 6.45) is 3.95. The minimum absolute atomic E-state index is 0.233. The molecule has 2 unspecified atom stereocenters. The summed E-state index contributed by atoms with van der Waals surface area (Å²) in [4.78, 5) is 0. The smallest absolute Gasteiger partial charge is 0.133 e. The first-order chi connectivity index (χ1) is 10.2. The number of aliphatic hydroxyl groups excluding tert-OH is 1. The zero-order valence-electron chi connectivity index (χ0n) is 12.6. The van der Waals surface area contributed by atoms with Crippen LogP contribution in [-0.4, -0.2) is 28.8 Å². The number of nitrogens with one attached hydrogen (secondary N) is 1. The normalized spacial score (nSPS) is 18.7. The van der Waals surface area contributed by atoms with Gasteiger partial charge in [-0.1, -0.05) is 37.3 Å². The van der Waals surface area contributed by atoms with Crippen LogP contribution >= 0.6 is 11.8 Å². The predicted octanol–water partition coefficient (Wildman–Crippen LogP) is 3.05. The van der Waals surface area contributed by atoms with Crippen molar-refractivity contribution in [2.75, 3.05) is 12.4 Å². The zero-order valence-corrected chi connectivity index (χ0v) is 13.4. The summed E-state index contributed by atoms with van der Waals surface area (Å²) in [6, 6.07) is 13.1. The molecule has 0 aromatic heterocycles. The Morgan fingerprint density at radius 1 is 1.43 bits per heavy atom. The molecular weight excluding hydrogens is 280 g/mol. The van der Waals surface area contributed by atoms with Crippen LogP contribution in [-0.2, 0) is 5.54 Å². The van der Waals surface area contributed by atoms with Crippen molar-refractivity contribution in [3.05, 3.63) is 35.9 Å². The third-order valence-electron chi connectivity index (χ3n) is 3.90. The quantitative estimate of drug-likeness (QED) is 0.736. The van der Waals surface area contributed by atoms with Crippen LogP contribution in [0.2, 0.25) is 0 Å². The second-order valence-electron chi connectivity index (χ2n) is 5.75. The van der Waals surface area contributed by atoms with Gasteiger partial charge >= 0.3 is 0 Å². The summed E-state index contributed by atoms with van der Waals surface area (Å²) in [5.41, 5.74) is 0.490. The summed E-state index contributed by atoms with van der Waals surface area (Å²) in [7, 11) is 0. The van der Waals surface area contributed by atoms with Crippen molar-refractivity contribution in [2.45, 2.75) is 49.4 Å². The Hall–Kier alpha value is -1.02. The third kappa shape index (κ3) is 4.74. The standard InChI is InChI=1S/C17H24N2OS/c1-14(9-11-20)21-12-10-17(13-18,19-16-7-8-16)15-5-3-2-4-6-15/h2-6,14,16,19-20H,7-12H2,1H3. The van der Waals surface area contributed by atoms with Crippen molar-refractivity contribution in [3.63, 3.8) is 0 Å². The Bertz CT molecular complexity index is 469. The van der Waals surface area contributed by atoms with E-state index in [1.807, 2.05) is 42.1 Å². The average molecular weight is 304 g/mol. The molecular formula is C17H24N2OS. The Labute approximate surface area is 131 Å². The van der Waals surface area contributed by atoms with E-state index in [4.69, 9.17) is 5.11 Å². The molecule has 2 N–H and O–H groups in total. The highest BCUT2D eigenvalue weighted by molar-refractivity contribution is 7.99. The number of aliphatic hydroxyl groups is 1. The van der Waals surface area contributed by atoms with Crippen molar-refractivity contribution in [2.24, 2.45) is 0 Å². The first-order valence-corrected chi connectivity index (χ1v) is 8.72. The topological polar surface area (TPSA) is 56.0 Å². The van der Waals surface area contributed by atoms with Crippen LogP contribution in [0.3, 0.4) is 0 Å². The van der Waals surface area contributed by atoms with E-state index >= 15 is 0 Å². The van der Waals surface area contributed by atoms with Crippen molar-refractivity contribution < 1.29 is 5.11 Å². The lowest BCUT2D eigenvalue weighted by atomic mass is 9.88. The van der Waals surface area contributed by atoms with E-state index in [-0.39, 0.29) is 6.61 Å². The molecule has 3 nitrogen and oxygen atoms in total. The molecule has 0 radical (unpaired) electrons. The second-order valence-corrected chi connectivity index (χ2v) is 7.29. The Kier molecular flexibility index (Phi) is 6.10. The van der Waals surface area contributed by atoms with Gasteiger partial charge in [-0.05, 0) is 37.0 Å². The minimum atomic E-state index is -0.575. The number of benzene rings is 1. The molecule has 1 fully saturated rings. The lowest BCUT2D eigenvalue weighted by molar-refractivity contribution is 0.289. The maximum Gasteiger partial charge on any atom is 0.133 e. The van der Waals surface area contributed by atoms with Crippen molar-refractivity contribution >= 4 is 11.8 Å². The van der Waals surface area contributed by atoms with Crippen molar-refractivity contribution in [1.82, 2.24) is 5.32 Å². The zero-order chi connectivity index (χ0) is 15.1. The number of nitriles is 1.